The van der Waals surface area contributed by atoms with E-state index >= 15 is 0 Å². The zero-order valence-corrected chi connectivity index (χ0v) is 14.7. The van der Waals surface area contributed by atoms with Crippen molar-refractivity contribution in [1.29, 1.82) is 0 Å². The number of benzene rings is 1. The van der Waals surface area contributed by atoms with Crippen molar-refractivity contribution >= 4 is 22.4 Å². The minimum atomic E-state index is -0.182. The number of anilines is 2. The van der Waals surface area contributed by atoms with Crippen LogP contribution in [0.4, 0.5) is 15.9 Å². The molecule has 0 amide bonds. The number of hydrogen-bond acceptors (Lipinski definition) is 5. The van der Waals surface area contributed by atoms with Gasteiger partial charge in [-0.25, -0.2) is 14.4 Å². The molecule has 0 bridgehead atoms. The number of nitrogens with two attached hydrogens (primary N) is 1. The summed E-state index contributed by atoms with van der Waals surface area (Å²) in [6, 6.07) is 4.91. The summed E-state index contributed by atoms with van der Waals surface area (Å²) in [7, 11) is 0. The van der Waals surface area contributed by atoms with Crippen LogP contribution in [0, 0.1) is 5.82 Å². The Hall–Kier alpha value is -2.67. The van der Waals surface area contributed by atoms with Crippen LogP contribution < -0.4 is 10.6 Å². The second kappa shape index (κ2) is 7.29. The molecule has 0 spiro atoms. The number of fused-ring (bicyclic) bond motifs is 1. The Kier molecular flexibility index (Phi) is 4.71. The van der Waals surface area contributed by atoms with E-state index in [1.165, 1.54) is 11.6 Å². The summed E-state index contributed by atoms with van der Waals surface area (Å²) >= 11 is 0. The van der Waals surface area contributed by atoms with E-state index in [1.807, 2.05) is 6.20 Å². The van der Waals surface area contributed by atoms with E-state index in [2.05, 4.69) is 24.8 Å². The molecule has 6 nitrogen and oxygen atoms in total. The van der Waals surface area contributed by atoms with Crippen molar-refractivity contribution in [3.63, 3.8) is 0 Å². The summed E-state index contributed by atoms with van der Waals surface area (Å²) in [5.41, 5.74) is 8.78. The number of halogens is 1. The molecule has 1 aliphatic rings. The third kappa shape index (κ3) is 3.48. The average molecular weight is 354 g/mol. The fourth-order valence-corrected chi connectivity index (χ4v) is 3.63. The standard InChI is InChI=1S/C19H23FN6/c20-15-3-4-18-16(10-15)14(11-23-18)2-1-5-25-6-8-26(9-7-25)19-17(21)12-22-13-24-19/h3-4,10-13,23H,1-2,5-9,21H2. The molecule has 0 unspecified atom stereocenters. The van der Waals surface area contributed by atoms with Gasteiger partial charge in [-0.3, -0.25) is 4.90 Å². The summed E-state index contributed by atoms with van der Waals surface area (Å²) < 4.78 is 13.5. The first kappa shape index (κ1) is 16.8. The van der Waals surface area contributed by atoms with Gasteiger partial charge in [0.25, 0.3) is 0 Å². The summed E-state index contributed by atoms with van der Waals surface area (Å²) in [5, 5.41) is 0.994. The summed E-state index contributed by atoms with van der Waals surface area (Å²) in [4.78, 5) is 16.1. The fraction of sp³-hybridized carbons (Fsp3) is 0.368. The highest BCUT2D eigenvalue weighted by molar-refractivity contribution is 5.83. The highest BCUT2D eigenvalue weighted by Crippen LogP contribution is 2.22. The first-order chi connectivity index (χ1) is 12.7. The molecular weight excluding hydrogens is 331 g/mol. The first-order valence-electron chi connectivity index (χ1n) is 8.99. The molecule has 1 fully saturated rings. The van der Waals surface area contributed by atoms with Gasteiger partial charge < -0.3 is 15.6 Å². The molecule has 136 valence electrons. The SMILES string of the molecule is Nc1cncnc1N1CCN(CCCc2c[nH]c3ccc(F)cc23)CC1. The Morgan fingerprint density at radius 2 is 2.04 bits per heavy atom. The largest absolute Gasteiger partial charge is 0.394 e. The highest BCUT2D eigenvalue weighted by atomic mass is 19.1. The molecule has 3 N–H and O–H groups in total. The van der Waals surface area contributed by atoms with Crippen molar-refractivity contribution in [1.82, 2.24) is 19.9 Å². The van der Waals surface area contributed by atoms with Gasteiger partial charge in [-0.1, -0.05) is 0 Å². The van der Waals surface area contributed by atoms with Crippen LogP contribution >= 0.6 is 0 Å². The lowest BCUT2D eigenvalue weighted by atomic mass is 10.1. The van der Waals surface area contributed by atoms with Crippen LogP contribution in [0.3, 0.4) is 0 Å². The third-order valence-corrected chi connectivity index (χ3v) is 5.04. The number of aromatic amines is 1. The number of aromatic nitrogens is 3. The number of rotatable bonds is 5. The van der Waals surface area contributed by atoms with Crippen molar-refractivity contribution in [2.45, 2.75) is 12.8 Å². The van der Waals surface area contributed by atoms with Gasteiger partial charge in [0.2, 0.25) is 0 Å². The van der Waals surface area contributed by atoms with Crippen LogP contribution in [-0.2, 0) is 6.42 Å². The Bertz CT molecular complexity index is 885. The van der Waals surface area contributed by atoms with Crippen LogP contribution in [-0.4, -0.2) is 52.6 Å². The van der Waals surface area contributed by atoms with E-state index in [9.17, 15) is 4.39 Å². The zero-order valence-electron chi connectivity index (χ0n) is 14.7. The van der Waals surface area contributed by atoms with E-state index < -0.39 is 0 Å². The van der Waals surface area contributed by atoms with E-state index in [-0.39, 0.29) is 5.82 Å². The average Bonchev–Trinajstić information content (AvgIpc) is 3.05. The number of nitrogens with zero attached hydrogens (tertiary/aromatic N) is 4. The van der Waals surface area contributed by atoms with Crippen molar-refractivity contribution in [3.05, 3.63) is 48.3 Å². The Morgan fingerprint density at radius 3 is 2.85 bits per heavy atom. The lowest BCUT2D eigenvalue weighted by Crippen LogP contribution is -2.47. The normalized spacial score (nSPS) is 15.7. The molecule has 3 aromatic rings. The predicted octanol–water partition coefficient (Wildman–Crippen LogP) is 2.43. The number of aryl methyl sites for hydroxylation is 1. The third-order valence-electron chi connectivity index (χ3n) is 5.04. The molecule has 4 rings (SSSR count). The van der Waals surface area contributed by atoms with E-state index in [0.717, 1.165) is 62.3 Å². The highest BCUT2D eigenvalue weighted by Gasteiger charge is 2.19. The monoisotopic (exact) mass is 354 g/mol. The van der Waals surface area contributed by atoms with Gasteiger partial charge in [-0.15, -0.1) is 0 Å². The molecule has 3 heterocycles. The second-order valence-corrected chi connectivity index (χ2v) is 6.74. The minimum absolute atomic E-state index is 0.182. The lowest BCUT2D eigenvalue weighted by Gasteiger charge is -2.35. The van der Waals surface area contributed by atoms with Crippen molar-refractivity contribution in [3.8, 4) is 0 Å². The van der Waals surface area contributed by atoms with E-state index in [4.69, 9.17) is 5.73 Å². The maximum atomic E-state index is 13.5. The Morgan fingerprint density at radius 1 is 1.19 bits per heavy atom. The number of H-pyrrole nitrogens is 1. The zero-order chi connectivity index (χ0) is 17.9. The van der Waals surface area contributed by atoms with Gasteiger partial charge in [0, 0.05) is 43.3 Å². The molecule has 0 radical (unpaired) electrons. The van der Waals surface area contributed by atoms with Gasteiger partial charge in [-0.2, -0.15) is 0 Å². The minimum Gasteiger partial charge on any atom is -0.394 e. The van der Waals surface area contributed by atoms with E-state index in [1.54, 1.807) is 24.7 Å². The molecule has 7 heteroatoms. The van der Waals surface area contributed by atoms with Crippen molar-refractivity contribution < 1.29 is 4.39 Å². The molecule has 0 saturated carbocycles. The van der Waals surface area contributed by atoms with Crippen LogP contribution in [0.25, 0.3) is 10.9 Å². The van der Waals surface area contributed by atoms with Crippen LogP contribution in [0.2, 0.25) is 0 Å². The molecule has 1 saturated heterocycles. The fourth-order valence-electron chi connectivity index (χ4n) is 3.63. The molecule has 1 aliphatic heterocycles. The van der Waals surface area contributed by atoms with Gasteiger partial charge in [0.1, 0.15) is 12.1 Å². The smallest absolute Gasteiger partial charge is 0.155 e. The Balaban J connectivity index is 1.28. The Labute approximate surface area is 151 Å². The van der Waals surface area contributed by atoms with Crippen molar-refractivity contribution in [2.75, 3.05) is 43.4 Å². The maximum absolute atomic E-state index is 13.5. The van der Waals surface area contributed by atoms with Gasteiger partial charge in [0.15, 0.2) is 5.82 Å². The van der Waals surface area contributed by atoms with E-state index in [0.29, 0.717) is 5.69 Å². The lowest BCUT2D eigenvalue weighted by molar-refractivity contribution is 0.254. The molecule has 0 atom stereocenters. The van der Waals surface area contributed by atoms with Gasteiger partial charge in [-0.05, 0) is 43.1 Å². The summed E-state index contributed by atoms with van der Waals surface area (Å²) in [6.07, 6.45) is 7.20. The predicted molar refractivity (Wildman–Crippen MR) is 102 cm³/mol. The maximum Gasteiger partial charge on any atom is 0.155 e. The molecule has 26 heavy (non-hydrogen) atoms. The summed E-state index contributed by atoms with van der Waals surface area (Å²) in [5.74, 6) is 0.652. The van der Waals surface area contributed by atoms with Gasteiger partial charge in [0.05, 0.1) is 11.9 Å². The number of nitrogens with one attached hydrogen (secondary N) is 1. The van der Waals surface area contributed by atoms with Crippen molar-refractivity contribution in [2.24, 2.45) is 0 Å². The quantitative estimate of drug-likeness (QED) is 0.736. The van der Waals surface area contributed by atoms with Crippen LogP contribution in [0.5, 0.6) is 0 Å². The van der Waals surface area contributed by atoms with Gasteiger partial charge >= 0.3 is 0 Å². The van der Waals surface area contributed by atoms with Crippen LogP contribution in [0.15, 0.2) is 36.9 Å². The molecule has 2 aromatic heterocycles. The topological polar surface area (TPSA) is 74.1 Å². The summed E-state index contributed by atoms with van der Waals surface area (Å²) in [6.45, 7) is 4.85. The molecule has 1 aromatic carbocycles. The first-order valence-corrected chi connectivity index (χ1v) is 8.99. The second-order valence-electron chi connectivity index (χ2n) is 6.74. The number of hydrogen-bond donors (Lipinski definition) is 2. The number of piperazine rings is 1. The molecular formula is C19H23FN6. The van der Waals surface area contributed by atoms with Crippen LogP contribution in [0.1, 0.15) is 12.0 Å². The number of nitrogen functional groups attached to an aromatic ring is 1. The molecule has 0 aliphatic carbocycles.